The van der Waals surface area contributed by atoms with Crippen molar-refractivity contribution in [2.75, 3.05) is 17.2 Å². The molecule has 0 atom stereocenters. The highest BCUT2D eigenvalue weighted by atomic mass is 35.5. The largest absolute Gasteiger partial charge is 0.450 e. The molecule has 0 radical (unpaired) electrons. The van der Waals surface area contributed by atoms with Crippen LogP contribution in [-0.4, -0.2) is 12.7 Å². The first-order valence-electron chi connectivity index (χ1n) is 6.90. The van der Waals surface area contributed by atoms with Crippen molar-refractivity contribution in [2.45, 2.75) is 13.5 Å². The Morgan fingerprint density at radius 1 is 1.17 bits per heavy atom. The van der Waals surface area contributed by atoms with Gasteiger partial charge in [0, 0.05) is 12.2 Å². The molecule has 2 N–H and O–H groups in total. The second-order valence-corrected chi connectivity index (χ2v) is 5.46. The van der Waals surface area contributed by atoms with E-state index in [1.54, 1.807) is 31.2 Å². The lowest BCUT2D eigenvalue weighted by atomic mass is 10.2. The van der Waals surface area contributed by atoms with Crippen molar-refractivity contribution in [3.05, 3.63) is 57.8 Å². The third-order valence-corrected chi connectivity index (χ3v) is 3.58. The molecule has 0 heterocycles. The molecule has 0 fully saturated rings. The number of halogens is 3. The van der Waals surface area contributed by atoms with Crippen molar-refractivity contribution in [1.29, 1.82) is 0 Å². The fourth-order valence-corrected chi connectivity index (χ4v) is 2.23. The highest BCUT2D eigenvalue weighted by molar-refractivity contribution is 6.33. The molecule has 0 aliphatic carbocycles. The van der Waals surface area contributed by atoms with Gasteiger partial charge in [0.25, 0.3) is 0 Å². The van der Waals surface area contributed by atoms with Gasteiger partial charge in [-0.3, -0.25) is 5.32 Å². The minimum absolute atomic E-state index is 0.0768. The molecule has 0 spiro atoms. The third-order valence-electron chi connectivity index (χ3n) is 2.96. The van der Waals surface area contributed by atoms with Crippen LogP contribution < -0.4 is 10.6 Å². The predicted octanol–water partition coefficient (Wildman–Crippen LogP) is 5.31. The van der Waals surface area contributed by atoms with Crippen molar-refractivity contribution >= 4 is 40.7 Å². The number of hydrogen-bond acceptors (Lipinski definition) is 3. The van der Waals surface area contributed by atoms with E-state index < -0.39 is 11.9 Å². The lowest BCUT2D eigenvalue weighted by Crippen LogP contribution is -2.13. The van der Waals surface area contributed by atoms with Gasteiger partial charge in [0.05, 0.1) is 22.3 Å². The summed E-state index contributed by atoms with van der Waals surface area (Å²) in [5.74, 6) is -0.483. The van der Waals surface area contributed by atoms with Crippen LogP contribution in [0.1, 0.15) is 12.5 Å². The van der Waals surface area contributed by atoms with E-state index in [-0.39, 0.29) is 11.6 Å². The average Bonchev–Trinajstić information content (AvgIpc) is 2.51. The highest BCUT2D eigenvalue weighted by Crippen LogP contribution is 2.24. The van der Waals surface area contributed by atoms with Gasteiger partial charge in [-0.2, -0.15) is 0 Å². The smallest absolute Gasteiger partial charge is 0.411 e. The van der Waals surface area contributed by atoms with Crippen LogP contribution in [0.15, 0.2) is 36.4 Å². The molecule has 0 saturated heterocycles. The van der Waals surface area contributed by atoms with Gasteiger partial charge in [0.2, 0.25) is 0 Å². The van der Waals surface area contributed by atoms with Crippen molar-refractivity contribution in [1.82, 2.24) is 0 Å². The number of benzene rings is 2. The molecule has 2 rings (SSSR count). The molecule has 2 aromatic rings. The predicted molar refractivity (Wildman–Crippen MR) is 90.8 cm³/mol. The molecular weight excluding hydrogens is 342 g/mol. The van der Waals surface area contributed by atoms with Crippen LogP contribution in [0.4, 0.5) is 20.6 Å². The summed E-state index contributed by atoms with van der Waals surface area (Å²) in [6, 6.07) is 9.68. The fourth-order valence-electron chi connectivity index (χ4n) is 1.86. The molecule has 0 unspecified atom stereocenters. The highest BCUT2D eigenvalue weighted by Gasteiger charge is 2.07. The summed E-state index contributed by atoms with van der Waals surface area (Å²) in [6.45, 7) is 2.44. The van der Waals surface area contributed by atoms with Gasteiger partial charge in [-0.25, -0.2) is 9.18 Å². The minimum Gasteiger partial charge on any atom is -0.450 e. The quantitative estimate of drug-likeness (QED) is 0.762. The standard InChI is InChI=1S/C16H15Cl2FN2O2/c1-2-23-16(22)21-15-6-3-10(7-13(15)18)9-20-11-4-5-12(17)14(19)8-11/h3-8,20H,2,9H2,1H3,(H,21,22). The number of hydrogen-bond donors (Lipinski definition) is 2. The van der Waals surface area contributed by atoms with E-state index in [0.29, 0.717) is 22.9 Å². The van der Waals surface area contributed by atoms with Gasteiger partial charge in [-0.15, -0.1) is 0 Å². The Labute approximate surface area is 143 Å². The summed E-state index contributed by atoms with van der Waals surface area (Å²) in [6.07, 6.45) is -0.558. The Kier molecular flexibility index (Phi) is 6.07. The SMILES string of the molecule is CCOC(=O)Nc1ccc(CNc2ccc(Cl)c(F)c2)cc1Cl. The van der Waals surface area contributed by atoms with Crippen LogP contribution in [-0.2, 0) is 11.3 Å². The average molecular weight is 357 g/mol. The Bertz CT molecular complexity index is 710. The van der Waals surface area contributed by atoms with Crippen LogP contribution in [0, 0.1) is 5.82 Å². The van der Waals surface area contributed by atoms with Gasteiger partial charge in [-0.1, -0.05) is 29.3 Å². The Morgan fingerprint density at radius 3 is 2.61 bits per heavy atom. The maximum atomic E-state index is 13.4. The van der Waals surface area contributed by atoms with E-state index >= 15 is 0 Å². The number of carbonyl (C=O) groups excluding carboxylic acids is 1. The van der Waals surface area contributed by atoms with Crippen LogP contribution in [0.5, 0.6) is 0 Å². The molecule has 0 bridgehead atoms. The van der Waals surface area contributed by atoms with Gasteiger partial charge < -0.3 is 10.1 Å². The van der Waals surface area contributed by atoms with Crippen LogP contribution in [0.2, 0.25) is 10.0 Å². The maximum absolute atomic E-state index is 13.4. The monoisotopic (exact) mass is 356 g/mol. The zero-order valence-electron chi connectivity index (χ0n) is 12.3. The molecule has 122 valence electrons. The Balaban J connectivity index is 1.99. The molecule has 0 aliphatic heterocycles. The first-order valence-corrected chi connectivity index (χ1v) is 7.66. The molecular formula is C16H15Cl2FN2O2. The summed E-state index contributed by atoms with van der Waals surface area (Å²) in [4.78, 5) is 11.4. The van der Waals surface area contributed by atoms with Crippen molar-refractivity contribution in [3.8, 4) is 0 Å². The second kappa shape index (κ2) is 8.04. The lowest BCUT2D eigenvalue weighted by Gasteiger charge is -2.10. The molecule has 2 aromatic carbocycles. The van der Waals surface area contributed by atoms with Gasteiger partial charge >= 0.3 is 6.09 Å². The van der Waals surface area contributed by atoms with Crippen LogP contribution in [0.25, 0.3) is 0 Å². The van der Waals surface area contributed by atoms with E-state index in [4.69, 9.17) is 27.9 Å². The summed E-state index contributed by atoms with van der Waals surface area (Å²) >= 11 is 11.8. The van der Waals surface area contributed by atoms with Crippen molar-refractivity contribution in [2.24, 2.45) is 0 Å². The molecule has 0 saturated carbocycles. The summed E-state index contributed by atoms with van der Waals surface area (Å²) in [5, 5.41) is 6.08. The van der Waals surface area contributed by atoms with E-state index in [0.717, 1.165) is 5.56 Å². The summed E-state index contributed by atoms with van der Waals surface area (Å²) < 4.78 is 18.2. The number of nitrogens with one attached hydrogen (secondary N) is 2. The maximum Gasteiger partial charge on any atom is 0.411 e. The van der Waals surface area contributed by atoms with Gasteiger partial charge in [-0.05, 0) is 42.8 Å². The molecule has 0 aromatic heterocycles. The number of rotatable bonds is 5. The first-order chi connectivity index (χ1) is 11.0. The number of anilines is 2. The normalized spacial score (nSPS) is 10.3. The van der Waals surface area contributed by atoms with E-state index in [1.165, 1.54) is 12.1 Å². The van der Waals surface area contributed by atoms with E-state index in [9.17, 15) is 9.18 Å². The molecule has 0 aliphatic rings. The topological polar surface area (TPSA) is 50.4 Å². The van der Waals surface area contributed by atoms with Gasteiger partial charge in [0.15, 0.2) is 0 Å². The number of carbonyl (C=O) groups is 1. The van der Waals surface area contributed by atoms with Crippen LogP contribution in [0.3, 0.4) is 0 Å². The lowest BCUT2D eigenvalue weighted by molar-refractivity contribution is 0.168. The van der Waals surface area contributed by atoms with Crippen LogP contribution >= 0.6 is 23.2 Å². The summed E-state index contributed by atoms with van der Waals surface area (Å²) in [7, 11) is 0. The first kappa shape index (κ1) is 17.4. The molecule has 7 heteroatoms. The van der Waals surface area contributed by atoms with Gasteiger partial charge in [0.1, 0.15) is 5.82 Å². The summed E-state index contributed by atoms with van der Waals surface area (Å²) in [5.41, 5.74) is 1.95. The third kappa shape index (κ3) is 5.01. The van der Waals surface area contributed by atoms with Crippen molar-refractivity contribution in [3.63, 3.8) is 0 Å². The zero-order chi connectivity index (χ0) is 16.8. The molecule has 1 amide bonds. The minimum atomic E-state index is -0.558. The van der Waals surface area contributed by atoms with E-state index in [1.807, 2.05) is 0 Å². The second-order valence-electron chi connectivity index (χ2n) is 4.64. The van der Waals surface area contributed by atoms with Crippen molar-refractivity contribution < 1.29 is 13.9 Å². The number of ether oxygens (including phenoxy) is 1. The Morgan fingerprint density at radius 2 is 1.96 bits per heavy atom. The van der Waals surface area contributed by atoms with E-state index in [2.05, 4.69) is 10.6 Å². The molecule has 23 heavy (non-hydrogen) atoms. The number of amides is 1. The zero-order valence-corrected chi connectivity index (χ0v) is 13.8. The fraction of sp³-hybridized carbons (Fsp3) is 0.188. The molecule has 4 nitrogen and oxygen atoms in total. The Hall–Kier alpha value is -1.98.